The zero-order chi connectivity index (χ0) is 15.8. The monoisotopic (exact) mass is 361 g/mol. The van der Waals surface area contributed by atoms with Crippen LogP contribution in [0.5, 0.6) is 0 Å². The van der Waals surface area contributed by atoms with E-state index >= 15 is 0 Å². The fourth-order valence-electron chi connectivity index (χ4n) is 1.95. The van der Waals surface area contributed by atoms with Gasteiger partial charge in [-0.2, -0.15) is 0 Å². The molecule has 0 bridgehead atoms. The molecule has 0 aromatic carbocycles. The molecule has 0 fully saturated rings. The van der Waals surface area contributed by atoms with Gasteiger partial charge in [-0.3, -0.25) is 4.79 Å². The first-order valence-corrected chi connectivity index (χ1v) is 7.03. The van der Waals surface area contributed by atoms with Gasteiger partial charge < -0.3 is 9.30 Å². The van der Waals surface area contributed by atoms with E-state index in [1.165, 1.54) is 24.6 Å². The van der Waals surface area contributed by atoms with Crippen LogP contribution in [0, 0.1) is 0 Å². The maximum atomic E-state index is 13.7. The van der Waals surface area contributed by atoms with Crippen LogP contribution < -0.4 is 0 Å². The van der Waals surface area contributed by atoms with E-state index in [1.807, 2.05) is 0 Å². The Morgan fingerprint density at radius 1 is 1.57 bits per heavy atom. The summed E-state index contributed by atoms with van der Waals surface area (Å²) >= 11 is 3.21. The number of aromatic nitrogens is 3. The molecule has 0 aliphatic rings. The maximum absolute atomic E-state index is 13.7. The van der Waals surface area contributed by atoms with Crippen molar-refractivity contribution in [1.82, 2.24) is 14.5 Å². The predicted molar refractivity (Wildman–Crippen MR) is 76.0 cm³/mol. The third-order valence-electron chi connectivity index (χ3n) is 3.14. The number of hydrogen-bond acceptors (Lipinski definition) is 4. The first-order chi connectivity index (χ1) is 9.70. The van der Waals surface area contributed by atoms with Gasteiger partial charge in [0.15, 0.2) is 0 Å². The van der Waals surface area contributed by atoms with Crippen LogP contribution in [-0.2, 0) is 16.1 Å². The Kier molecular flexibility index (Phi) is 4.27. The predicted octanol–water partition coefficient (Wildman–Crippen LogP) is 3.47. The molecule has 2 rings (SSSR count). The molecule has 114 valence electrons. The second-order valence-electron chi connectivity index (χ2n) is 4.81. The molecule has 0 aliphatic carbocycles. The number of ether oxygens (including phenoxy) is 1. The van der Waals surface area contributed by atoms with Gasteiger partial charge in [0.1, 0.15) is 22.6 Å². The lowest BCUT2D eigenvalue weighted by atomic mass is 10.2. The standard InChI is InChI=1S/C13H14BrF2N3O2/c1-7(13(3,15)16)19-10-4-11(14)17-5-9(10)18-12(19)6-21-8(2)20/h4-5,7H,6H2,1-3H3/t7-/m0/s1. The summed E-state index contributed by atoms with van der Waals surface area (Å²) in [5.41, 5.74) is 0.976. The number of carbonyl (C=O) groups excluding carboxylic acids is 1. The molecule has 0 radical (unpaired) electrons. The molecule has 0 unspecified atom stereocenters. The highest BCUT2D eigenvalue weighted by Crippen LogP contribution is 2.33. The highest BCUT2D eigenvalue weighted by atomic mass is 79.9. The van der Waals surface area contributed by atoms with Crippen LogP contribution >= 0.6 is 15.9 Å². The second-order valence-corrected chi connectivity index (χ2v) is 5.62. The zero-order valence-electron chi connectivity index (χ0n) is 11.7. The smallest absolute Gasteiger partial charge is 0.303 e. The highest BCUT2D eigenvalue weighted by Gasteiger charge is 2.34. The van der Waals surface area contributed by atoms with E-state index in [1.54, 1.807) is 6.07 Å². The fourth-order valence-corrected chi connectivity index (χ4v) is 2.27. The Bertz CT molecular complexity index is 682. The summed E-state index contributed by atoms with van der Waals surface area (Å²) in [6, 6.07) is 0.476. The average molecular weight is 362 g/mol. The molecule has 8 heteroatoms. The van der Waals surface area contributed by atoms with Gasteiger partial charge in [0, 0.05) is 13.8 Å². The van der Waals surface area contributed by atoms with Gasteiger partial charge in [0.2, 0.25) is 0 Å². The Hall–Kier alpha value is -1.57. The van der Waals surface area contributed by atoms with Gasteiger partial charge in [-0.25, -0.2) is 18.7 Å². The molecule has 1 atom stereocenters. The summed E-state index contributed by atoms with van der Waals surface area (Å²) in [4.78, 5) is 19.2. The van der Waals surface area contributed by atoms with Gasteiger partial charge in [0.05, 0.1) is 17.8 Å². The van der Waals surface area contributed by atoms with Crippen LogP contribution in [-0.4, -0.2) is 26.4 Å². The van der Waals surface area contributed by atoms with Crippen LogP contribution in [0.3, 0.4) is 0 Å². The summed E-state index contributed by atoms with van der Waals surface area (Å²) < 4.78 is 34.2. The molecule has 2 heterocycles. The number of pyridine rings is 1. The number of esters is 1. The van der Waals surface area contributed by atoms with Crippen molar-refractivity contribution in [3.05, 3.63) is 22.7 Å². The summed E-state index contributed by atoms with van der Waals surface area (Å²) in [5, 5.41) is 0. The largest absolute Gasteiger partial charge is 0.458 e. The molecule has 21 heavy (non-hydrogen) atoms. The number of nitrogens with zero attached hydrogens (tertiary/aromatic N) is 3. The Labute approximate surface area is 128 Å². The molecule has 0 spiro atoms. The molecule has 5 nitrogen and oxygen atoms in total. The first-order valence-electron chi connectivity index (χ1n) is 6.23. The summed E-state index contributed by atoms with van der Waals surface area (Å²) in [6.07, 6.45) is 1.48. The molecule has 2 aromatic rings. The van der Waals surface area contributed by atoms with Crippen molar-refractivity contribution in [3.8, 4) is 0 Å². The Morgan fingerprint density at radius 2 is 2.24 bits per heavy atom. The Morgan fingerprint density at radius 3 is 2.81 bits per heavy atom. The molecular formula is C13H14BrF2N3O2. The van der Waals surface area contributed by atoms with Crippen molar-refractivity contribution in [3.63, 3.8) is 0 Å². The molecule has 0 N–H and O–H groups in total. The van der Waals surface area contributed by atoms with Crippen LogP contribution in [0.4, 0.5) is 8.78 Å². The number of rotatable bonds is 4. The minimum Gasteiger partial charge on any atom is -0.458 e. The van der Waals surface area contributed by atoms with E-state index < -0.39 is 17.9 Å². The van der Waals surface area contributed by atoms with E-state index in [0.717, 1.165) is 6.92 Å². The number of halogens is 3. The van der Waals surface area contributed by atoms with Gasteiger partial charge in [-0.15, -0.1) is 0 Å². The SMILES string of the molecule is CC(=O)OCc1nc2cnc(Br)cc2n1[C@@H](C)C(C)(F)F. The van der Waals surface area contributed by atoms with Crippen molar-refractivity contribution < 1.29 is 18.3 Å². The van der Waals surface area contributed by atoms with Gasteiger partial charge in [-0.05, 0) is 28.9 Å². The number of fused-ring (bicyclic) bond motifs is 1. The van der Waals surface area contributed by atoms with Crippen molar-refractivity contribution in [2.45, 2.75) is 39.3 Å². The fraction of sp³-hybridized carbons (Fsp3) is 0.462. The molecule has 0 saturated heterocycles. The van der Waals surface area contributed by atoms with E-state index in [9.17, 15) is 13.6 Å². The normalized spacial score (nSPS) is 13.4. The number of imidazole rings is 1. The lowest BCUT2D eigenvalue weighted by molar-refractivity contribution is -0.142. The minimum absolute atomic E-state index is 0.165. The van der Waals surface area contributed by atoms with Crippen LogP contribution in [0.1, 0.15) is 32.6 Å². The topological polar surface area (TPSA) is 57.0 Å². The van der Waals surface area contributed by atoms with Gasteiger partial charge >= 0.3 is 5.97 Å². The van der Waals surface area contributed by atoms with Crippen LogP contribution in [0.15, 0.2) is 16.9 Å². The second kappa shape index (κ2) is 5.67. The molecule has 2 aromatic heterocycles. The minimum atomic E-state index is -2.95. The average Bonchev–Trinajstić information content (AvgIpc) is 2.71. The summed E-state index contributed by atoms with van der Waals surface area (Å²) in [6.45, 7) is 3.33. The van der Waals surface area contributed by atoms with Crippen molar-refractivity contribution in [1.29, 1.82) is 0 Å². The molecule has 0 aliphatic heterocycles. The van der Waals surface area contributed by atoms with Crippen molar-refractivity contribution >= 4 is 32.9 Å². The lowest BCUT2D eigenvalue weighted by Gasteiger charge is -2.23. The molecule has 0 saturated carbocycles. The Balaban J connectivity index is 2.58. The van der Waals surface area contributed by atoms with E-state index in [0.29, 0.717) is 15.6 Å². The number of hydrogen-bond donors (Lipinski definition) is 0. The van der Waals surface area contributed by atoms with Crippen LogP contribution in [0.2, 0.25) is 0 Å². The third-order valence-corrected chi connectivity index (χ3v) is 3.57. The number of carbonyl (C=O) groups is 1. The summed E-state index contributed by atoms with van der Waals surface area (Å²) in [5.74, 6) is -3.19. The molecular weight excluding hydrogens is 348 g/mol. The van der Waals surface area contributed by atoms with E-state index in [4.69, 9.17) is 4.74 Å². The van der Waals surface area contributed by atoms with E-state index in [-0.39, 0.29) is 12.4 Å². The highest BCUT2D eigenvalue weighted by molar-refractivity contribution is 9.10. The van der Waals surface area contributed by atoms with Crippen LogP contribution in [0.25, 0.3) is 11.0 Å². The quantitative estimate of drug-likeness (QED) is 0.617. The van der Waals surface area contributed by atoms with Crippen molar-refractivity contribution in [2.75, 3.05) is 0 Å². The molecule has 0 amide bonds. The zero-order valence-corrected chi connectivity index (χ0v) is 13.3. The van der Waals surface area contributed by atoms with Crippen molar-refractivity contribution in [2.24, 2.45) is 0 Å². The van der Waals surface area contributed by atoms with Gasteiger partial charge in [0.25, 0.3) is 5.92 Å². The number of alkyl halides is 2. The maximum Gasteiger partial charge on any atom is 0.303 e. The first kappa shape index (κ1) is 15.8. The summed E-state index contributed by atoms with van der Waals surface area (Å²) in [7, 11) is 0. The van der Waals surface area contributed by atoms with Gasteiger partial charge in [-0.1, -0.05) is 0 Å². The third kappa shape index (κ3) is 3.37. The van der Waals surface area contributed by atoms with E-state index in [2.05, 4.69) is 25.9 Å². The lowest BCUT2D eigenvalue weighted by Crippen LogP contribution is -2.26.